The van der Waals surface area contributed by atoms with E-state index in [9.17, 15) is 9.59 Å². The largest absolute Gasteiger partial charge is 0.497 e. The molecule has 134 valence electrons. The number of hydrogen-bond donors (Lipinski definition) is 3. The molecule has 0 aliphatic heterocycles. The number of hydrogen-bond acceptors (Lipinski definition) is 4. The van der Waals surface area contributed by atoms with Gasteiger partial charge in [-0.15, -0.1) is 0 Å². The Morgan fingerprint density at radius 3 is 2.76 bits per heavy atom. The molecule has 3 N–H and O–H groups in total. The van der Waals surface area contributed by atoms with Crippen molar-refractivity contribution in [1.82, 2.24) is 20.6 Å². The molecule has 2 aromatic rings. The molecule has 0 atom stereocenters. The summed E-state index contributed by atoms with van der Waals surface area (Å²) in [6.45, 7) is 5.04. The van der Waals surface area contributed by atoms with Gasteiger partial charge in [0.1, 0.15) is 11.4 Å². The third kappa shape index (κ3) is 5.34. The Kier molecular flexibility index (Phi) is 6.56. The standard InChI is InChI=1S/C18H24N4O3/c1-12(2)7-8-19-17(23)15-16(22-11-21-15)18(24)20-10-13-5-4-6-14(9-13)25-3/h4-6,9,11-12H,7-8,10H2,1-3H3,(H,19,23)(H,20,24)(H,21,22). The number of ether oxygens (including phenoxy) is 1. The van der Waals surface area contributed by atoms with Gasteiger partial charge in [0.05, 0.1) is 13.4 Å². The molecule has 0 saturated carbocycles. The predicted molar refractivity (Wildman–Crippen MR) is 94.5 cm³/mol. The minimum Gasteiger partial charge on any atom is -0.497 e. The van der Waals surface area contributed by atoms with Crippen LogP contribution in [0.2, 0.25) is 0 Å². The molecule has 7 heteroatoms. The lowest BCUT2D eigenvalue weighted by atomic mass is 10.1. The Bertz CT molecular complexity index is 725. The highest BCUT2D eigenvalue weighted by Gasteiger charge is 2.20. The predicted octanol–water partition coefficient (Wildman–Crippen LogP) is 2.12. The smallest absolute Gasteiger partial charge is 0.272 e. The van der Waals surface area contributed by atoms with Crippen molar-refractivity contribution < 1.29 is 14.3 Å². The van der Waals surface area contributed by atoms with Crippen LogP contribution in [0, 0.1) is 5.92 Å². The quantitative estimate of drug-likeness (QED) is 0.683. The molecule has 2 amide bonds. The van der Waals surface area contributed by atoms with Crippen molar-refractivity contribution in [3.05, 3.63) is 47.5 Å². The first-order chi connectivity index (χ1) is 12.0. The van der Waals surface area contributed by atoms with Crippen LogP contribution >= 0.6 is 0 Å². The summed E-state index contributed by atoms with van der Waals surface area (Å²) in [6, 6.07) is 7.41. The highest BCUT2D eigenvalue weighted by molar-refractivity contribution is 6.04. The minimum atomic E-state index is -0.380. The number of amides is 2. The van der Waals surface area contributed by atoms with Crippen LogP contribution in [-0.4, -0.2) is 35.4 Å². The second-order valence-corrected chi connectivity index (χ2v) is 6.10. The van der Waals surface area contributed by atoms with Crippen LogP contribution in [0.1, 0.15) is 46.8 Å². The SMILES string of the molecule is COc1cccc(CNC(=O)c2[nH]cnc2C(=O)NCCC(C)C)c1. The molecule has 0 aliphatic carbocycles. The Hall–Kier alpha value is -2.83. The average molecular weight is 344 g/mol. The number of aromatic amines is 1. The van der Waals surface area contributed by atoms with Gasteiger partial charge in [0.25, 0.3) is 11.8 Å². The molecule has 2 rings (SSSR count). The highest BCUT2D eigenvalue weighted by atomic mass is 16.5. The Balaban J connectivity index is 1.96. The highest BCUT2D eigenvalue weighted by Crippen LogP contribution is 2.12. The maximum atomic E-state index is 12.3. The van der Waals surface area contributed by atoms with Gasteiger partial charge in [-0.1, -0.05) is 26.0 Å². The number of carbonyl (C=O) groups excluding carboxylic acids is 2. The van der Waals surface area contributed by atoms with Gasteiger partial charge in [-0.25, -0.2) is 4.98 Å². The van der Waals surface area contributed by atoms with Crippen LogP contribution < -0.4 is 15.4 Å². The molecule has 1 heterocycles. The normalized spacial score (nSPS) is 10.6. The number of imidazole rings is 1. The molecule has 7 nitrogen and oxygen atoms in total. The molecule has 1 aromatic carbocycles. The molecule has 0 aliphatic rings. The van der Waals surface area contributed by atoms with Gasteiger partial charge in [-0.2, -0.15) is 0 Å². The third-order valence-electron chi connectivity index (χ3n) is 3.68. The molecule has 0 fully saturated rings. The summed E-state index contributed by atoms with van der Waals surface area (Å²) in [5, 5.41) is 5.56. The fourth-order valence-corrected chi connectivity index (χ4v) is 2.25. The first-order valence-electron chi connectivity index (χ1n) is 8.24. The van der Waals surface area contributed by atoms with Gasteiger partial charge in [0.15, 0.2) is 5.69 Å². The maximum absolute atomic E-state index is 12.3. The van der Waals surface area contributed by atoms with E-state index in [1.807, 2.05) is 24.3 Å². The third-order valence-corrected chi connectivity index (χ3v) is 3.68. The monoisotopic (exact) mass is 344 g/mol. The van der Waals surface area contributed by atoms with E-state index in [-0.39, 0.29) is 23.2 Å². The van der Waals surface area contributed by atoms with Crippen molar-refractivity contribution in [3.63, 3.8) is 0 Å². The molecule has 0 spiro atoms. The first-order valence-corrected chi connectivity index (χ1v) is 8.24. The summed E-state index contributed by atoms with van der Waals surface area (Å²) >= 11 is 0. The van der Waals surface area contributed by atoms with E-state index >= 15 is 0 Å². The lowest BCUT2D eigenvalue weighted by molar-refractivity contribution is 0.0911. The van der Waals surface area contributed by atoms with E-state index < -0.39 is 0 Å². The summed E-state index contributed by atoms with van der Waals surface area (Å²) in [6.07, 6.45) is 2.21. The lowest BCUT2D eigenvalue weighted by Gasteiger charge is -2.08. The van der Waals surface area contributed by atoms with Crippen molar-refractivity contribution in [2.75, 3.05) is 13.7 Å². The molecule has 1 aromatic heterocycles. The zero-order chi connectivity index (χ0) is 18.2. The van der Waals surface area contributed by atoms with E-state index in [2.05, 4.69) is 34.4 Å². The van der Waals surface area contributed by atoms with Crippen molar-refractivity contribution in [3.8, 4) is 5.75 Å². The zero-order valence-corrected chi connectivity index (χ0v) is 14.8. The van der Waals surface area contributed by atoms with Crippen molar-refractivity contribution in [1.29, 1.82) is 0 Å². The van der Waals surface area contributed by atoms with Gasteiger partial charge in [-0.05, 0) is 30.0 Å². The van der Waals surface area contributed by atoms with Gasteiger partial charge in [-0.3, -0.25) is 9.59 Å². The van der Waals surface area contributed by atoms with Crippen molar-refractivity contribution in [2.45, 2.75) is 26.8 Å². The van der Waals surface area contributed by atoms with Crippen LogP contribution in [0.3, 0.4) is 0 Å². The van der Waals surface area contributed by atoms with Crippen molar-refractivity contribution >= 4 is 11.8 Å². The average Bonchev–Trinajstić information content (AvgIpc) is 3.09. The van der Waals surface area contributed by atoms with Crippen LogP contribution in [0.15, 0.2) is 30.6 Å². The second kappa shape index (κ2) is 8.86. The van der Waals surface area contributed by atoms with Gasteiger partial charge >= 0.3 is 0 Å². The van der Waals surface area contributed by atoms with Crippen molar-refractivity contribution in [2.24, 2.45) is 5.92 Å². The number of rotatable bonds is 8. The summed E-state index contributed by atoms with van der Waals surface area (Å²) in [5.74, 6) is 0.478. The molecule has 25 heavy (non-hydrogen) atoms. The van der Waals surface area contributed by atoms with Crippen LogP contribution in [0.5, 0.6) is 5.75 Å². The first kappa shape index (κ1) is 18.5. The van der Waals surface area contributed by atoms with E-state index in [1.54, 1.807) is 7.11 Å². The van der Waals surface area contributed by atoms with Gasteiger partial charge in [0, 0.05) is 13.1 Å². The van der Waals surface area contributed by atoms with E-state index in [0.29, 0.717) is 19.0 Å². The minimum absolute atomic E-state index is 0.104. The number of aromatic nitrogens is 2. The van der Waals surface area contributed by atoms with E-state index in [1.165, 1.54) is 6.33 Å². The number of carbonyl (C=O) groups is 2. The van der Waals surface area contributed by atoms with Crippen LogP contribution in [-0.2, 0) is 6.54 Å². The molecule has 0 unspecified atom stereocenters. The van der Waals surface area contributed by atoms with Crippen LogP contribution in [0.4, 0.5) is 0 Å². The second-order valence-electron chi connectivity index (χ2n) is 6.10. The van der Waals surface area contributed by atoms with Crippen LogP contribution in [0.25, 0.3) is 0 Å². The molecule has 0 bridgehead atoms. The Morgan fingerprint density at radius 2 is 2.04 bits per heavy atom. The van der Waals surface area contributed by atoms with E-state index in [4.69, 9.17) is 4.74 Å². The van der Waals surface area contributed by atoms with Gasteiger partial charge < -0.3 is 20.4 Å². The zero-order valence-electron chi connectivity index (χ0n) is 14.8. The molecular weight excluding hydrogens is 320 g/mol. The summed E-state index contributed by atoms with van der Waals surface area (Å²) < 4.78 is 5.16. The number of benzene rings is 1. The lowest BCUT2D eigenvalue weighted by Crippen LogP contribution is -2.30. The number of H-pyrrole nitrogens is 1. The van der Waals surface area contributed by atoms with Gasteiger partial charge in [0.2, 0.25) is 0 Å². The molecule has 0 radical (unpaired) electrons. The molecular formula is C18H24N4O3. The Morgan fingerprint density at radius 1 is 1.24 bits per heavy atom. The number of nitrogens with one attached hydrogen (secondary N) is 3. The fraction of sp³-hybridized carbons (Fsp3) is 0.389. The maximum Gasteiger partial charge on any atom is 0.272 e. The molecule has 0 saturated heterocycles. The summed E-state index contributed by atoms with van der Waals surface area (Å²) in [7, 11) is 1.59. The van der Waals surface area contributed by atoms with E-state index in [0.717, 1.165) is 17.7 Å². The fourth-order valence-electron chi connectivity index (χ4n) is 2.25. The number of nitrogens with zero attached hydrogens (tertiary/aromatic N) is 1. The number of methoxy groups -OCH3 is 1. The Labute approximate surface area is 147 Å². The summed E-state index contributed by atoms with van der Waals surface area (Å²) in [4.78, 5) is 31.2. The summed E-state index contributed by atoms with van der Waals surface area (Å²) in [5.41, 5.74) is 1.16. The topological polar surface area (TPSA) is 96.1 Å².